The monoisotopic (exact) mass is 264 g/mol. The van der Waals surface area contributed by atoms with Crippen molar-refractivity contribution in [2.24, 2.45) is 0 Å². The second-order valence-corrected chi connectivity index (χ2v) is 5.72. The second-order valence-electron chi connectivity index (χ2n) is 5.72. The van der Waals surface area contributed by atoms with Crippen LogP contribution in [0.3, 0.4) is 0 Å². The number of hydrogen-bond acceptors (Lipinski definition) is 2. The fourth-order valence-electron chi connectivity index (χ4n) is 3.43. The highest BCUT2D eigenvalue weighted by molar-refractivity contribution is 5.89. The predicted octanol–water partition coefficient (Wildman–Crippen LogP) is 1.19. The Kier molecular flexibility index (Phi) is 3.27. The van der Waals surface area contributed by atoms with Crippen LogP contribution in [0.15, 0.2) is 24.3 Å². The standard InChI is InChI=1S/C15H18FNO2/c1-17-12-6-7-13(17)9-14(8-12)19-15(18)10-2-4-11(16)5-3-10/h2-5,12-14H,6-9H2,1H3/p+1. The van der Waals surface area contributed by atoms with Crippen LogP contribution in [0, 0.1) is 5.82 Å². The van der Waals surface area contributed by atoms with Crippen molar-refractivity contribution in [3.8, 4) is 0 Å². The van der Waals surface area contributed by atoms with Crippen LogP contribution in [-0.4, -0.2) is 31.2 Å². The summed E-state index contributed by atoms with van der Waals surface area (Å²) < 4.78 is 18.4. The Morgan fingerprint density at radius 2 is 1.79 bits per heavy atom. The van der Waals surface area contributed by atoms with E-state index in [2.05, 4.69) is 7.05 Å². The van der Waals surface area contributed by atoms with Gasteiger partial charge in [-0.25, -0.2) is 9.18 Å². The van der Waals surface area contributed by atoms with Gasteiger partial charge in [-0.1, -0.05) is 0 Å². The van der Waals surface area contributed by atoms with E-state index in [1.165, 1.54) is 37.1 Å². The van der Waals surface area contributed by atoms with Gasteiger partial charge in [0.05, 0.1) is 24.7 Å². The van der Waals surface area contributed by atoms with Crippen molar-refractivity contribution >= 4 is 5.97 Å². The molecule has 2 heterocycles. The number of nitrogens with one attached hydrogen (secondary N) is 1. The summed E-state index contributed by atoms with van der Waals surface area (Å²) in [6.07, 6.45) is 4.41. The fourth-order valence-corrected chi connectivity index (χ4v) is 3.43. The maximum absolute atomic E-state index is 12.8. The van der Waals surface area contributed by atoms with Crippen molar-refractivity contribution in [3.05, 3.63) is 35.6 Å². The van der Waals surface area contributed by atoms with E-state index in [9.17, 15) is 9.18 Å². The smallest absolute Gasteiger partial charge is 0.338 e. The zero-order chi connectivity index (χ0) is 13.4. The molecule has 0 amide bonds. The quantitative estimate of drug-likeness (QED) is 0.813. The van der Waals surface area contributed by atoms with E-state index in [-0.39, 0.29) is 17.9 Å². The molecule has 19 heavy (non-hydrogen) atoms. The van der Waals surface area contributed by atoms with Gasteiger partial charge in [0.2, 0.25) is 0 Å². The number of piperidine rings is 1. The molecule has 2 unspecified atom stereocenters. The van der Waals surface area contributed by atoms with Crippen molar-refractivity contribution in [1.82, 2.24) is 0 Å². The Morgan fingerprint density at radius 3 is 2.37 bits per heavy atom. The number of carbonyl (C=O) groups is 1. The van der Waals surface area contributed by atoms with Gasteiger partial charge in [0.15, 0.2) is 0 Å². The van der Waals surface area contributed by atoms with Gasteiger partial charge in [0.1, 0.15) is 11.9 Å². The Labute approximate surface area is 112 Å². The minimum Gasteiger partial charge on any atom is -0.458 e. The summed E-state index contributed by atoms with van der Waals surface area (Å²) in [4.78, 5) is 13.6. The summed E-state index contributed by atoms with van der Waals surface area (Å²) in [5.74, 6) is -0.665. The molecule has 2 bridgehead atoms. The Bertz CT molecular complexity index is 460. The molecule has 1 aromatic carbocycles. The lowest BCUT2D eigenvalue weighted by Crippen LogP contribution is -3.15. The van der Waals surface area contributed by atoms with E-state index in [1.54, 1.807) is 4.90 Å². The first-order valence-electron chi connectivity index (χ1n) is 6.93. The summed E-state index contributed by atoms with van der Waals surface area (Å²) in [5, 5.41) is 0. The molecule has 0 saturated carbocycles. The van der Waals surface area contributed by atoms with Gasteiger partial charge < -0.3 is 9.64 Å². The first kappa shape index (κ1) is 12.6. The van der Waals surface area contributed by atoms with Crippen LogP contribution in [0.25, 0.3) is 0 Å². The van der Waals surface area contributed by atoms with E-state index in [0.717, 1.165) is 12.8 Å². The van der Waals surface area contributed by atoms with Crippen molar-refractivity contribution in [2.75, 3.05) is 7.05 Å². The summed E-state index contributed by atoms with van der Waals surface area (Å²) in [6, 6.07) is 6.80. The normalized spacial score (nSPS) is 33.2. The maximum Gasteiger partial charge on any atom is 0.338 e. The van der Waals surface area contributed by atoms with Crippen molar-refractivity contribution in [3.63, 3.8) is 0 Å². The van der Waals surface area contributed by atoms with Crippen LogP contribution in [0.4, 0.5) is 4.39 Å². The van der Waals surface area contributed by atoms with Crippen LogP contribution < -0.4 is 4.90 Å². The van der Waals surface area contributed by atoms with Crippen molar-refractivity contribution in [1.29, 1.82) is 0 Å². The number of hydrogen-bond donors (Lipinski definition) is 1. The molecule has 2 atom stereocenters. The molecule has 102 valence electrons. The lowest BCUT2D eigenvalue weighted by molar-refractivity contribution is -0.923. The van der Waals surface area contributed by atoms with Gasteiger partial charge in [-0.2, -0.15) is 0 Å². The first-order chi connectivity index (χ1) is 9.13. The molecule has 2 saturated heterocycles. The van der Waals surface area contributed by atoms with Gasteiger partial charge in [-0.3, -0.25) is 0 Å². The van der Waals surface area contributed by atoms with Crippen LogP contribution in [-0.2, 0) is 4.74 Å². The average molecular weight is 264 g/mol. The molecule has 1 aromatic rings. The van der Waals surface area contributed by atoms with Gasteiger partial charge in [-0.15, -0.1) is 0 Å². The number of rotatable bonds is 2. The summed E-state index contributed by atoms with van der Waals surface area (Å²) in [7, 11) is 2.24. The van der Waals surface area contributed by atoms with Gasteiger partial charge in [-0.05, 0) is 24.3 Å². The minimum atomic E-state index is -0.336. The molecule has 0 radical (unpaired) electrons. The topological polar surface area (TPSA) is 30.7 Å². The average Bonchev–Trinajstić information content (AvgIpc) is 2.63. The van der Waals surface area contributed by atoms with Crippen LogP contribution in [0.2, 0.25) is 0 Å². The van der Waals surface area contributed by atoms with Gasteiger partial charge in [0.25, 0.3) is 0 Å². The molecule has 2 fully saturated rings. The van der Waals surface area contributed by atoms with Crippen molar-refractivity contribution in [2.45, 2.75) is 43.9 Å². The predicted molar refractivity (Wildman–Crippen MR) is 68.5 cm³/mol. The van der Waals surface area contributed by atoms with Crippen LogP contribution >= 0.6 is 0 Å². The second kappa shape index (κ2) is 4.93. The molecular weight excluding hydrogens is 245 g/mol. The summed E-state index contributed by atoms with van der Waals surface area (Å²) >= 11 is 0. The third kappa shape index (κ3) is 2.50. The number of halogens is 1. The molecule has 4 heteroatoms. The number of ether oxygens (including phenoxy) is 1. The number of benzene rings is 1. The van der Waals surface area contributed by atoms with Crippen molar-refractivity contribution < 1.29 is 18.8 Å². The van der Waals surface area contributed by atoms with Crippen LogP contribution in [0.5, 0.6) is 0 Å². The molecule has 0 aromatic heterocycles. The maximum atomic E-state index is 12.8. The minimum absolute atomic E-state index is 0.0266. The molecule has 1 N–H and O–H groups in total. The highest BCUT2D eigenvalue weighted by Crippen LogP contribution is 2.25. The molecular formula is C15H19FNO2+. The largest absolute Gasteiger partial charge is 0.458 e. The zero-order valence-corrected chi connectivity index (χ0v) is 11.1. The summed E-state index contributed by atoms with van der Waals surface area (Å²) in [5.41, 5.74) is 0.431. The number of quaternary nitrogens is 1. The van der Waals surface area contributed by atoms with Gasteiger partial charge in [0, 0.05) is 25.7 Å². The van der Waals surface area contributed by atoms with E-state index in [4.69, 9.17) is 4.74 Å². The van der Waals surface area contributed by atoms with E-state index >= 15 is 0 Å². The number of fused-ring (bicyclic) bond motifs is 2. The zero-order valence-electron chi connectivity index (χ0n) is 11.1. The summed E-state index contributed by atoms with van der Waals surface area (Å²) in [6.45, 7) is 0. The Morgan fingerprint density at radius 1 is 1.21 bits per heavy atom. The number of esters is 1. The molecule has 3 rings (SSSR count). The van der Waals surface area contributed by atoms with Crippen LogP contribution in [0.1, 0.15) is 36.0 Å². The molecule has 0 spiro atoms. The Hall–Kier alpha value is -1.42. The molecule has 3 nitrogen and oxygen atoms in total. The van der Waals surface area contributed by atoms with E-state index in [1.807, 2.05) is 0 Å². The lowest BCUT2D eigenvalue weighted by atomic mass is 10.0. The third-order valence-electron chi connectivity index (χ3n) is 4.60. The number of carbonyl (C=O) groups excluding carboxylic acids is 1. The van der Waals surface area contributed by atoms with E-state index < -0.39 is 0 Å². The molecule has 0 aliphatic carbocycles. The van der Waals surface area contributed by atoms with Gasteiger partial charge >= 0.3 is 5.97 Å². The molecule has 2 aliphatic rings. The van der Waals surface area contributed by atoms with E-state index in [0.29, 0.717) is 17.6 Å². The highest BCUT2D eigenvalue weighted by Gasteiger charge is 2.43. The third-order valence-corrected chi connectivity index (χ3v) is 4.60. The molecule has 2 aliphatic heterocycles. The highest BCUT2D eigenvalue weighted by atomic mass is 19.1. The lowest BCUT2D eigenvalue weighted by Gasteiger charge is -2.33. The fraction of sp³-hybridized carbons (Fsp3) is 0.533. The first-order valence-corrected chi connectivity index (χ1v) is 6.93. The SMILES string of the molecule is C[NH+]1C2CCC1CC(OC(=O)c1ccc(F)cc1)C2. The Balaban J connectivity index is 1.63.